The monoisotopic (exact) mass is 646 g/mol. The van der Waals surface area contributed by atoms with Crippen molar-refractivity contribution >= 4 is 50.1 Å². The first-order chi connectivity index (χ1) is 23.7. The summed E-state index contributed by atoms with van der Waals surface area (Å²) in [6, 6.07) is 27.3. The molecular weight excluding hydrogens is 618 g/mol. The zero-order valence-corrected chi connectivity index (χ0v) is 26.7. The number of nitrogens with one attached hydrogen (secondary N) is 2. The van der Waals surface area contributed by atoms with E-state index in [2.05, 4.69) is 48.9 Å². The Hall–Kier alpha value is -6.56. The molecule has 2 aliphatic heterocycles. The summed E-state index contributed by atoms with van der Waals surface area (Å²) in [6.07, 6.45) is 0. The number of nitrogens with zero attached hydrogens (tertiary/aromatic N) is 7. The zero-order chi connectivity index (χ0) is 33.4. The molecule has 12 nitrogen and oxygen atoms in total. The van der Waals surface area contributed by atoms with Gasteiger partial charge in [-0.25, -0.2) is 24.7 Å². The summed E-state index contributed by atoms with van der Waals surface area (Å²) in [5, 5.41) is 22.3. The van der Waals surface area contributed by atoms with Gasteiger partial charge in [-0.2, -0.15) is 0 Å². The van der Waals surface area contributed by atoms with Crippen molar-refractivity contribution in [2.24, 2.45) is 0 Å². The van der Waals surface area contributed by atoms with Crippen LogP contribution in [0.15, 0.2) is 84.9 Å². The van der Waals surface area contributed by atoms with Crippen molar-refractivity contribution in [1.29, 1.82) is 0 Å². The number of carbonyl (C=O) groups is 1. The fourth-order valence-electron chi connectivity index (χ4n) is 6.28. The number of carboxylic acid groups (broad SMARTS) is 1. The van der Waals surface area contributed by atoms with Crippen molar-refractivity contribution in [3.63, 3.8) is 0 Å². The van der Waals surface area contributed by atoms with Gasteiger partial charge in [-0.3, -0.25) is 0 Å². The number of para-hydroxylation sites is 1. The number of carboxylic acids is 1. The van der Waals surface area contributed by atoms with Crippen LogP contribution in [0.4, 0.5) is 0 Å². The molecule has 0 fully saturated rings. The number of benzene rings is 4. The van der Waals surface area contributed by atoms with Gasteiger partial charge in [0, 0.05) is 38.7 Å². The molecule has 0 aliphatic carbocycles. The van der Waals surface area contributed by atoms with Gasteiger partial charge in [0.15, 0.2) is 18.3 Å². The van der Waals surface area contributed by atoms with E-state index in [9.17, 15) is 9.90 Å². The number of aromatic amines is 2. The Labute approximate surface area is 278 Å². The molecule has 5 heterocycles. The quantitative estimate of drug-likeness (QED) is 0.189. The maximum absolute atomic E-state index is 11.2. The Balaban J connectivity index is 1.44. The number of aliphatic carboxylic acids is 1. The molecule has 49 heavy (non-hydrogen) atoms. The Morgan fingerprint density at radius 2 is 1.27 bits per heavy atom. The number of hydrogen-bond donors (Lipinski definition) is 3. The molecule has 0 saturated heterocycles. The van der Waals surface area contributed by atoms with Gasteiger partial charge in [0.2, 0.25) is 11.5 Å². The molecule has 2 aliphatic rings. The first kappa shape index (κ1) is 28.6. The summed E-state index contributed by atoms with van der Waals surface area (Å²) in [5.41, 5.74) is 6.54. The van der Waals surface area contributed by atoms with Crippen LogP contribution in [0.2, 0.25) is 0 Å². The van der Waals surface area contributed by atoms with Gasteiger partial charge < -0.3 is 19.8 Å². The summed E-state index contributed by atoms with van der Waals surface area (Å²) in [6.45, 7) is 6.07. The highest BCUT2D eigenvalue weighted by Gasteiger charge is 2.28. The van der Waals surface area contributed by atoms with Crippen molar-refractivity contribution in [3.05, 3.63) is 90.5 Å². The van der Waals surface area contributed by atoms with E-state index in [1.807, 2.05) is 54.6 Å². The summed E-state index contributed by atoms with van der Waals surface area (Å²) in [5.74, 6) is 0.803. The number of rotatable bonds is 3. The van der Waals surface area contributed by atoms with Crippen LogP contribution >= 0.6 is 0 Å². The Kier molecular flexibility index (Phi) is 6.12. The van der Waals surface area contributed by atoms with Gasteiger partial charge in [-0.05, 0) is 41.3 Å². The lowest BCUT2D eigenvalue weighted by Gasteiger charge is -2.18. The van der Waals surface area contributed by atoms with Crippen molar-refractivity contribution in [3.8, 4) is 45.6 Å². The molecular formula is C37H28N9O3+. The van der Waals surface area contributed by atoms with Crippen molar-refractivity contribution in [2.75, 3.05) is 6.61 Å². The number of ether oxygens (including phenoxy) is 1. The highest BCUT2D eigenvalue weighted by Crippen LogP contribution is 2.36. The van der Waals surface area contributed by atoms with Crippen LogP contribution < -0.4 is 9.53 Å². The van der Waals surface area contributed by atoms with E-state index in [4.69, 9.17) is 34.9 Å². The van der Waals surface area contributed by atoms with E-state index in [-0.39, 0.29) is 5.41 Å². The summed E-state index contributed by atoms with van der Waals surface area (Å²) < 4.78 is 5.52. The first-order valence-corrected chi connectivity index (χ1v) is 15.8. The number of hydrogen-bond acceptors (Lipinski definition) is 8. The van der Waals surface area contributed by atoms with E-state index in [1.54, 1.807) is 16.9 Å². The van der Waals surface area contributed by atoms with Crippen LogP contribution in [0.3, 0.4) is 0 Å². The lowest BCUT2D eigenvalue weighted by Crippen LogP contribution is -2.35. The van der Waals surface area contributed by atoms with Crippen molar-refractivity contribution < 1.29 is 19.4 Å². The largest absolute Gasteiger partial charge is 0.482 e. The van der Waals surface area contributed by atoms with Crippen LogP contribution in [-0.4, -0.2) is 57.8 Å². The SMILES string of the molecule is CC(C)(C)c1ccc2c3nc4nc(nc5[nH]c(n[n+]6nc(nc([nH]3)c2c1)-c1ccccc1-6)c1cc(OCC(=O)O)ccc51)-c1ccccc1-4. The summed E-state index contributed by atoms with van der Waals surface area (Å²) >= 11 is 0. The lowest BCUT2D eigenvalue weighted by molar-refractivity contribution is -0.711. The van der Waals surface area contributed by atoms with Gasteiger partial charge in [0.25, 0.3) is 5.69 Å². The third kappa shape index (κ3) is 4.75. The van der Waals surface area contributed by atoms with E-state index in [1.165, 1.54) is 0 Å². The van der Waals surface area contributed by atoms with Gasteiger partial charge >= 0.3 is 5.97 Å². The van der Waals surface area contributed by atoms with E-state index in [0.717, 1.165) is 44.1 Å². The molecule has 0 unspecified atom stereocenters. The molecule has 0 amide bonds. The van der Waals surface area contributed by atoms with Gasteiger partial charge in [-0.15, -0.1) is 0 Å². The second kappa shape index (κ2) is 10.5. The van der Waals surface area contributed by atoms with Gasteiger partial charge in [-0.1, -0.05) is 69.3 Å². The smallest absolute Gasteiger partial charge is 0.341 e. The van der Waals surface area contributed by atoms with Crippen molar-refractivity contribution in [1.82, 2.24) is 40.1 Å². The molecule has 0 radical (unpaired) electrons. The fourth-order valence-corrected chi connectivity index (χ4v) is 6.28. The van der Waals surface area contributed by atoms with E-state index >= 15 is 0 Å². The molecule has 0 spiro atoms. The predicted molar refractivity (Wildman–Crippen MR) is 184 cm³/mol. The molecule has 9 rings (SSSR count). The molecule has 0 atom stereocenters. The molecule has 8 bridgehead atoms. The molecule has 0 saturated carbocycles. The molecule has 238 valence electrons. The third-order valence-electron chi connectivity index (χ3n) is 8.75. The third-order valence-corrected chi connectivity index (χ3v) is 8.75. The molecule has 3 N–H and O–H groups in total. The number of aromatic nitrogens is 9. The molecule has 4 aromatic carbocycles. The zero-order valence-electron chi connectivity index (χ0n) is 26.7. The van der Waals surface area contributed by atoms with Crippen LogP contribution in [0.25, 0.3) is 84.0 Å². The van der Waals surface area contributed by atoms with E-state index < -0.39 is 12.6 Å². The first-order valence-electron chi connectivity index (χ1n) is 15.8. The average Bonchev–Trinajstić information content (AvgIpc) is 3.82. The highest BCUT2D eigenvalue weighted by atomic mass is 16.5. The standard InChI is InChI=1S/C37H27N9O3/c1-37(2,3)19-12-14-23-26(16-19)34-41-32(23)39-30-21-8-4-5-9-22(21)31(38-30)40-33-24-15-13-20(49-18-29(47)48)17-27(24)36(42-33)45-46-28-11-7-6-10-25(28)35(43-34)44-46/h4-17H,18H2,1-3H3,(H2,38,39,40,41,42,43,44,45,47,48)/p+1. The van der Waals surface area contributed by atoms with Crippen LogP contribution in [0, 0.1) is 0 Å². The van der Waals surface area contributed by atoms with E-state index in [0.29, 0.717) is 51.2 Å². The lowest BCUT2D eigenvalue weighted by atomic mass is 9.86. The maximum atomic E-state index is 11.2. The minimum atomic E-state index is -1.07. The number of H-pyrrole nitrogens is 2. The Morgan fingerprint density at radius 3 is 1.96 bits per heavy atom. The average molecular weight is 647 g/mol. The Bertz CT molecular complexity index is 2710. The Morgan fingerprint density at radius 1 is 0.673 bits per heavy atom. The molecule has 12 heteroatoms. The van der Waals surface area contributed by atoms with Crippen LogP contribution in [0.1, 0.15) is 26.3 Å². The second-order valence-corrected chi connectivity index (χ2v) is 13.0. The number of fused-ring (bicyclic) bond motifs is 20. The fraction of sp³-hybridized carbons (Fsp3) is 0.135. The van der Waals surface area contributed by atoms with Gasteiger partial charge in [0.1, 0.15) is 28.3 Å². The summed E-state index contributed by atoms with van der Waals surface area (Å²) in [4.78, 5) is 39.8. The highest BCUT2D eigenvalue weighted by molar-refractivity contribution is 6.06. The second-order valence-electron chi connectivity index (χ2n) is 13.0. The predicted octanol–water partition coefficient (Wildman–Crippen LogP) is 6.24. The topological polar surface area (TPSA) is 159 Å². The van der Waals surface area contributed by atoms with Crippen LogP contribution in [0.5, 0.6) is 5.75 Å². The van der Waals surface area contributed by atoms with Crippen molar-refractivity contribution in [2.45, 2.75) is 26.2 Å². The molecule has 3 aromatic heterocycles. The minimum absolute atomic E-state index is 0.0850. The van der Waals surface area contributed by atoms with Crippen LogP contribution in [-0.2, 0) is 10.2 Å². The van der Waals surface area contributed by atoms with Gasteiger partial charge in [0.05, 0.1) is 15.0 Å². The normalized spacial score (nSPS) is 12.2. The minimum Gasteiger partial charge on any atom is -0.482 e. The summed E-state index contributed by atoms with van der Waals surface area (Å²) in [7, 11) is 0. The maximum Gasteiger partial charge on any atom is 0.341 e. The molecule has 7 aromatic rings.